The average molecular weight is 325 g/mol. The molecule has 3 rings (SSSR count). The number of hydrogen-bond acceptors (Lipinski definition) is 3. The number of rotatable bonds is 5. The highest BCUT2D eigenvalue weighted by Crippen LogP contribution is 2.22. The number of nitrogens with one attached hydrogen (secondary N) is 1. The molecule has 0 bridgehead atoms. The fourth-order valence-electron chi connectivity index (χ4n) is 3.36. The molecule has 0 radical (unpaired) electrons. The number of aryl methyl sites for hydroxylation is 1. The number of hydrogen-bond donors (Lipinski definition) is 1. The van der Waals surface area contributed by atoms with Gasteiger partial charge in [0.2, 0.25) is 0 Å². The van der Waals surface area contributed by atoms with E-state index in [0.29, 0.717) is 6.54 Å². The molecule has 1 aliphatic heterocycles. The molecule has 1 aromatic carbocycles. The van der Waals surface area contributed by atoms with E-state index in [9.17, 15) is 4.79 Å². The van der Waals surface area contributed by atoms with Crippen molar-refractivity contribution >= 4 is 17.2 Å². The van der Waals surface area contributed by atoms with Gasteiger partial charge in [0.1, 0.15) is 0 Å². The number of benzene rings is 1. The Kier molecular flexibility index (Phi) is 4.93. The van der Waals surface area contributed by atoms with E-state index in [0.717, 1.165) is 35.7 Å². The number of nitrogens with zero attached hydrogens (tertiary/aromatic N) is 2. The zero-order valence-electron chi connectivity index (χ0n) is 14.9. The summed E-state index contributed by atoms with van der Waals surface area (Å²) in [5.41, 5.74) is 5.23. The number of anilines is 2. The van der Waals surface area contributed by atoms with Crippen LogP contribution >= 0.6 is 0 Å². The Hall–Kier alpha value is -2.23. The van der Waals surface area contributed by atoms with Crippen LogP contribution in [0.2, 0.25) is 0 Å². The second kappa shape index (κ2) is 7.12. The van der Waals surface area contributed by atoms with Gasteiger partial charge in [-0.05, 0) is 63.4 Å². The molecular formula is C20H27N3O. The number of ketones is 1. The summed E-state index contributed by atoms with van der Waals surface area (Å²) in [5, 5.41) is 3.25. The fraction of sp³-hybridized carbons (Fsp3) is 0.450. The average Bonchev–Trinajstić information content (AvgIpc) is 2.88. The van der Waals surface area contributed by atoms with Crippen molar-refractivity contribution in [2.75, 3.05) is 29.9 Å². The van der Waals surface area contributed by atoms with E-state index >= 15 is 0 Å². The highest BCUT2D eigenvalue weighted by Gasteiger charge is 2.14. The zero-order chi connectivity index (χ0) is 17.1. The normalized spacial score (nSPS) is 14.7. The topological polar surface area (TPSA) is 37.3 Å². The van der Waals surface area contributed by atoms with Crippen molar-refractivity contribution in [2.24, 2.45) is 7.05 Å². The minimum atomic E-state index is 0.135. The molecule has 1 fully saturated rings. The zero-order valence-corrected chi connectivity index (χ0v) is 14.9. The monoisotopic (exact) mass is 325 g/mol. The Labute approximate surface area is 144 Å². The highest BCUT2D eigenvalue weighted by molar-refractivity contribution is 6.00. The Morgan fingerprint density at radius 1 is 1.08 bits per heavy atom. The van der Waals surface area contributed by atoms with Crippen molar-refractivity contribution in [1.29, 1.82) is 0 Å². The fourth-order valence-corrected chi connectivity index (χ4v) is 3.36. The molecule has 4 nitrogen and oxygen atoms in total. The van der Waals surface area contributed by atoms with E-state index in [1.807, 2.05) is 27.0 Å². The predicted molar refractivity (Wildman–Crippen MR) is 100 cm³/mol. The molecule has 0 spiro atoms. The van der Waals surface area contributed by atoms with Crippen LogP contribution in [-0.4, -0.2) is 30.0 Å². The first-order valence-electron chi connectivity index (χ1n) is 8.81. The van der Waals surface area contributed by atoms with Crippen molar-refractivity contribution in [1.82, 2.24) is 4.57 Å². The van der Waals surface area contributed by atoms with E-state index in [4.69, 9.17) is 0 Å². The molecule has 128 valence electrons. The molecule has 0 atom stereocenters. The van der Waals surface area contributed by atoms with Crippen molar-refractivity contribution < 1.29 is 4.79 Å². The minimum absolute atomic E-state index is 0.135. The van der Waals surface area contributed by atoms with Gasteiger partial charge in [-0.2, -0.15) is 0 Å². The van der Waals surface area contributed by atoms with Crippen LogP contribution < -0.4 is 10.2 Å². The third-order valence-corrected chi connectivity index (χ3v) is 5.12. The molecular weight excluding hydrogens is 298 g/mol. The lowest BCUT2D eigenvalue weighted by molar-refractivity contribution is 0.101. The van der Waals surface area contributed by atoms with Crippen LogP contribution in [0, 0.1) is 13.8 Å². The van der Waals surface area contributed by atoms with Gasteiger partial charge in [0.15, 0.2) is 5.78 Å². The summed E-state index contributed by atoms with van der Waals surface area (Å²) in [7, 11) is 1.99. The van der Waals surface area contributed by atoms with Crippen molar-refractivity contribution in [3.05, 3.63) is 47.3 Å². The van der Waals surface area contributed by atoms with Gasteiger partial charge >= 0.3 is 0 Å². The SMILES string of the molecule is Cc1cc(C(=O)CNc2ccc(N3CCCCC3)cc2)c(C)n1C. The maximum atomic E-state index is 12.4. The number of Topliss-reactive ketones (excluding diaryl/α,β-unsaturated/α-hetero) is 1. The summed E-state index contributed by atoms with van der Waals surface area (Å²) in [6, 6.07) is 10.4. The van der Waals surface area contributed by atoms with Crippen molar-refractivity contribution in [2.45, 2.75) is 33.1 Å². The molecule has 2 aromatic rings. The quantitative estimate of drug-likeness (QED) is 0.847. The lowest BCUT2D eigenvalue weighted by atomic mass is 10.1. The molecule has 1 N–H and O–H groups in total. The molecule has 0 unspecified atom stereocenters. The predicted octanol–water partition coefficient (Wildman–Crippen LogP) is 3.93. The van der Waals surface area contributed by atoms with Gasteiger partial charge in [0.05, 0.1) is 6.54 Å². The lowest BCUT2D eigenvalue weighted by Crippen LogP contribution is -2.29. The van der Waals surface area contributed by atoms with Gasteiger partial charge in [-0.1, -0.05) is 0 Å². The van der Waals surface area contributed by atoms with Crippen LogP contribution in [0.1, 0.15) is 41.0 Å². The van der Waals surface area contributed by atoms with Crippen LogP contribution in [-0.2, 0) is 7.05 Å². The first-order chi connectivity index (χ1) is 11.6. The largest absolute Gasteiger partial charge is 0.378 e. The van der Waals surface area contributed by atoms with Crippen LogP contribution in [0.15, 0.2) is 30.3 Å². The molecule has 24 heavy (non-hydrogen) atoms. The Bertz CT molecular complexity index is 709. The first kappa shape index (κ1) is 16.6. The third-order valence-electron chi connectivity index (χ3n) is 5.12. The van der Waals surface area contributed by atoms with Crippen LogP contribution in [0.25, 0.3) is 0 Å². The van der Waals surface area contributed by atoms with Crippen molar-refractivity contribution in [3.63, 3.8) is 0 Å². The first-order valence-corrected chi connectivity index (χ1v) is 8.81. The maximum Gasteiger partial charge on any atom is 0.183 e. The van der Waals surface area contributed by atoms with E-state index in [1.165, 1.54) is 24.9 Å². The highest BCUT2D eigenvalue weighted by atomic mass is 16.1. The van der Waals surface area contributed by atoms with Crippen LogP contribution in [0.3, 0.4) is 0 Å². The van der Waals surface area contributed by atoms with Gasteiger partial charge in [-0.25, -0.2) is 0 Å². The lowest BCUT2D eigenvalue weighted by Gasteiger charge is -2.28. The summed E-state index contributed by atoms with van der Waals surface area (Å²) in [6.07, 6.45) is 3.91. The molecule has 1 aliphatic rings. The molecule has 2 heterocycles. The molecule has 0 aliphatic carbocycles. The van der Waals surface area contributed by atoms with Crippen LogP contribution in [0.5, 0.6) is 0 Å². The second-order valence-electron chi connectivity index (χ2n) is 6.72. The number of aromatic nitrogens is 1. The number of carbonyl (C=O) groups excluding carboxylic acids is 1. The van der Waals surface area contributed by atoms with E-state index in [2.05, 4.69) is 39.0 Å². The van der Waals surface area contributed by atoms with E-state index in [-0.39, 0.29) is 5.78 Å². The standard InChI is InChI=1S/C20H27N3O/c1-15-13-19(16(2)22(15)3)20(24)14-21-17-7-9-18(10-8-17)23-11-5-4-6-12-23/h7-10,13,21H,4-6,11-12,14H2,1-3H3. The Balaban J connectivity index is 1.60. The summed E-state index contributed by atoms with van der Waals surface area (Å²) in [5.74, 6) is 0.135. The summed E-state index contributed by atoms with van der Waals surface area (Å²) in [4.78, 5) is 14.9. The van der Waals surface area contributed by atoms with Crippen molar-refractivity contribution in [3.8, 4) is 0 Å². The van der Waals surface area contributed by atoms with Gasteiger partial charge < -0.3 is 14.8 Å². The molecule has 1 saturated heterocycles. The Morgan fingerprint density at radius 2 is 1.75 bits per heavy atom. The minimum Gasteiger partial charge on any atom is -0.378 e. The number of piperidine rings is 1. The smallest absolute Gasteiger partial charge is 0.183 e. The maximum absolute atomic E-state index is 12.4. The Morgan fingerprint density at radius 3 is 2.33 bits per heavy atom. The second-order valence-corrected chi connectivity index (χ2v) is 6.72. The summed E-state index contributed by atoms with van der Waals surface area (Å²) < 4.78 is 2.06. The third kappa shape index (κ3) is 3.48. The van der Waals surface area contributed by atoms with Gasteiger partial charge in [0.25, 0.3) is 0 Å². The molecule has 4 heteroatoms. The van der Waals surface area contributed by atoms with E-state index in [1.54, 1.807) is 0 Å². The number of carbonyl (C=O) groups is 1. The van der Waals surface area contributed by atoms with Crippen LogP contribution in [0.4, 0.5) is 11.4 Å². The van der Waals surface area contributed by atoms with Gasteiger partial charge in [-0.15, -0.1) is 0 Å². The molecule has 0 amide bonds. The van der Waals surface area contributed by atoms with Gasteiger partial charge in [-0.3, -0.25) is 4.79 Å². The van der Waals surface area contributed by atoms with E-state index < -0.39 is 0 Å². The summed E-state index contributed by atoms with van der Waals surface area (Å²) in [6.45, 7) is 6.65. The molecule has 1 aromatic heterocycles. The van der Waals surface area contributed by atoms with Gasteiger partial charge in [0, 0.05) is 48.5 Å². The summed E-state index contributed by atoms with van der Waals surface area (Å²) >= 11 is 0. The molecule has 0 saturated carbocycles.